The number of rotatable bonds is 3. The number of H-pyrrole nitrogens is 1. The van der Waals surface area contributed by atoms with Gasteiger partial charge in [0.1, 0.15) is 5.82 Å². The SMILES string of the molecule is O=c1cc(NCc2sccc2Br)nc[nH]1. The van der Waals surface area contributed by atoms with E-state index in [0.29, 0.717) is 12.4 Å². The minimum atomic E-state index is -0.155. The van der Waals surface area contributed by atoms with E-state index in [1.165, 1.54) is 17.3 Å². The van der Waals surface area contributed by atoms with Crippen molar-refractivity contribution in [1.29, 1.82) is 0 Å². The molecule has 2 heterocycles. The summed E-state index contributed by atoms with van der Waals surface area (Å²) in [4.78, 5) is 18.6. The van der Waals surface area contributed by atoms with E-state index in [9.17, 15) is 4.79 Å². The van der Waals surface area contributed by atoms with Gasteiger partial charge in [-0.25, -0.2) is 4.98 Å². The number of hydrogen-bond donors (Lipinski definition) is 2. The van der Waals surface area contributed by atoms with Gasteiger partial charge in [-0.05, 0) is 27.4 Å². The van der Waals surface area contributed by atoms with Crippen LogP contribution in [0.3, 0.4) is 0 Å². The first kappa shape index (κ1) is 10.4. The minimum absolute atomic E-state index is 0.155. The molecule has 0 saturated heterocycles. The van der Waals surface area contributed by atoms with Crippen molar-refractivity contribution in [2.75, 3.05) is 5.32 Å². The molecule has 0 aliphatic rings. The van der Waals surface area contributed by atoms with Gasteiger partial charge in [-0.15, -0.1) is 11.3 Å². The molecule has 0 atom stereocenters. The van der Waals surface area contributed by atoms with Crippen LogP contribution in [0, 0.1) is 0 Å². The summed E-state index contributed by atoms with van der Waals surface area (Å²) in [5.74, 6) is 0.582. The summed E-state index contributed by atoms with van der Waals surface area (Å²) >= 11 is 5.09. The lowest BCUT2D eigenvalue weighted by molar-refractivity contribution is 1.07. The highest BCUT2D eigenvalue weighted by molar-refractivity contribution is 9.10. The number of nitrogens with zero attached hydrogens (tertiary/aromatic N) is 1. The maximum atomic E-state index is 11.0. The first-order valence-electron chi connectivity index (χ1n) is 4.26. The first-order valence-corrected chi connectivity index (χ1v) is 5.93. The van der Waals surface area contributed by atoms with Crippen molar-refractivity contribution in [3.8, 4) is 0 Å². The van der Waals surface area contributed by atoms with Gasteiger partial charge < -0.3 is 10.3 Å². The molecule has 2 N–H and O–H groups in total. The Labute approximate surface area is 98.5 Å². The van der Waals surface area contributed by atoms with E-state index in [2.05, 4.69) is 31.2 Å². The molecule has 0 aliphatic heterocycles. The maximum Gasteiger partial charge on any atom is 0.252 e. The minimum Gasteiger partial charge on any atom is -0.365 e. The zero-order chi connectivity index (χ0) is 10.7. The molecule has 15 heavy (non-hydrogen) atoms. The maximum absolute atomic E-state index is 11.0. The summed E-state index contributed by atoms with van der Waals surface area (Å²) in [7, 11) is 0. The number of nitrogens with one attached hydrogen (secondary N) is 2. The molecule has 0 bridgehead atoms. The smallest absolute Gasteiger partial charge is 0.252 e. The van der Waals surface area contributed by atoms with Crippen LogP contribution in [0.15, 0.2) is 33.1 Å². The highest BCUT2D eigenvalue weighted by Crippen LogP contribution is 2.22. The third kappa shape index (κ3) is 2.66. The van der Waals surface area contributed by atoms with E-state index in [-0.39, 0.29) is 5.56 Å². The molecule has 0 spiro atoms. The fourth-order valence-electron chi connectivity index (χ4n) is 1.09. The number of halogens is 1. The first-order chi connectivity index (χ1) is 7.25. The van der Waals surface area contributed by atoms with Gasteiger partial charge in [0.15, 0.2) is 0 Å². The second kappa shape index (κ2) is 4.59. The average Bonchev–Trinajstić information content (AvgIpc) is 2.61. The van der Waals surface area contributed by atoms with E-state index in [1.54, 1.807) is 11.3 Å². The summed E-state index contributed by atoms with van der Waals surface area (Å²) in [5, 5.41) is 5.08. The average molecular weight is 286 g/mol. The fraction of sp³-hybridized carbons (Fsp3) is 0.111. The Morgan fingerprint density at radius 2 is 2.47 bits per heavy atom. The van der Waals surface area contributed by atoms with Crippen LogP contribution < -0.4 is 10.9 Å². The topological polar surface area (TPSA) is 57.8 Å². The highest BCUT2D eigenvalue weighted by Gasteiger charge is 2.01. The third-order valence-electron chi connectivity index (χ3n) is 1.80. The van der Waals surface area contributed by atoms with Crippen molar-refractivity contribution >= 4 is 33.1 Å². The van der Waals surface area contributed by atoms with Crippen LogP contribution in [0.2, 0.25) is 0 Å². The normalized spacial score (nSPS) is 10.2. The van der Waals surface area contributed by atoms with Crippen LogP contribution in [-0.4, -0.2) is 9.97 Å². The molecule has 6 heteroatoms. The lowest BCUT2D eigenvalue weighted by Crippen LogP contribution is -2.08. The second-order valence-electron chi connectivity index (χ2n) is 2.84. The van der Waals surface area contributed by atoms with Gasteiger partial charge in [-0.2, -0.15) is 0 Å². The summed E-state index contributed by atoms with van der Waals surface area (Å²) < 4.78 is 1.07. The molecule has 2 aromatic heterocycles. The van der Waals surface area contributed by atoms with Crippen molar-refractivity contribution in [2.45, 2.75) is 6.54 Å². The third-order valence-corrected chi connectivity index (χ3v) is 3.73. The van der Waals surface area contributed by atoms with E-state index >= 15 is 0 Å². The second-order valence-corrected chi connectivity index (χ2v) is 4.70. The van der Waals surface area contributed by atoms with Crippen LogP contribution in [0.25, 0.3) is 0 Å². The molecule has 0 fully saturated rings. The predicted octanol–water partition coefficient (Wildman–Crippen LogP) is 2.21. The van der Waals surface area contributed by atoms with Crippen LogP contribution in [0.4, 0.5) is 5.82 Å². The molecule has 4 nitrogen and oxygen atoms in total. The summed E-state index contributed by atoms with van der Waals surface area (Å²) in [6, 6.07) is 3.43. The van der Waals surface area contributed by atoms with Crippen molar-refractivity contribution in [3.05, 3.63) is 43.5 Å². The van der Waals surface area contributed by atoms with Gasteiger partial charge in [0.25, 0.3) is 5.56 Å². The van der Waals surface area contributed by atoms with Gasteiger partial charge in [-0.3, -0.25) is 4.79 Å². The molecule has 0 saturated carbocycles. The number of aromatic nitrogens is 2. The van der Waals surface area contributed by atoms with Crippen LogP contribution in [0.5, 0.6) is 0 Å². The lowest BCUT2D eigenvalue weighted by atomic mass is 10.4. The Bertz CT molecular complexity index is 508. The number of aromatic amines is 1. The summed E-state index contributed by atoms with van der Waals surface area (Å²) in [6.07, 6.45) is 1.38. The standard InChI is InChI=1S/C9H8BrN3OS/c10-6-1-2-15-7(6)4-11-8-3-9(14)13-5-12-8/h1-3,5H,4H2,(H2,11,12,13,14). The fourth-order valence-corrected chi connectivity index (χ4v) is 2.52. The van der Waals surface area contributed by atoms with Crippen molar-refractivity contribution < 1.29 is 0 Å². The summed E-state index contributed by atoms with van der Waals surface area (Å²) in [5.41, 5.74) is -0.155. The molecule has 0 aliphatic carbocycles. The highest BCUT2D eigenvalue weighted by atomic mass is 79.9. The Balaban J connectivity index is 2.05. The molecule has 2 aromatic rings. The molecule has 0 unspecified atom stereocenters. The van der Waals surface area contributed by atoms with Crippen molar-refractivity contribution in [3.63, 3.8) is 0 Å². The van der Waals surface area contributed by atoms with E-state index in [1.807, 2.05) is 11.4 Å². The Morgan fingerprint density at radius 1 is 1.60 bits per heavy atom. The molecule has 0 amide bonds. The molecule has 2 rings (SSSR count). The largest absolute Gasteiger partial charge is 0.365 e. The van der Waals surface area contributed by atoms with Crippen LogP contribution in [0.1, 0.15) is 4.88 Å². The Kier molecular flexibility index (Phi) is 3.17. The van der Waals surface area contributed by atoms with Gasteiger partial charge in [0, 0.05) is 15.4 Å². The van der Waals surface area contributed by atoms with Gasteiger partial charge in [0.2, 0.25) is 0 Å². The van der Waals surface area contributed by atoms with E-state index in [0.717, 1.165) is 4.47 Å². The quantitative estimate of drug-likeness (QED) is 0.909. The van der Waals surface area contributed by atoms with Gasteiger partial charge in [0.05, 0.1) is 12.9 Å². The lowest BCUT2D eigenvalue weighted by Gasteiger charge is -2.02. The molecular weight excluding hydrogens is 278 g/mol. The summed E-state index contributed by atoms with van der Waals surface area (Å²) in [6.45, 7) is 0.661. The Morgan fingerprint density at radius 3 is 3.13 bits per heavy atom. The monoisotopic (exact) mass is 285 g/mol. The Hall–Kier alpha value is -1.14. The van der Waals surface area contributed by atoms with E-state index < -0.39 is 0 Å². The number of thiophene rings is 1. The van der Waals surface area contributed by atoms with Crippen molar-refractivity contribution in [2.24, 2.45) is 0 Å². The molecule has 78 valence electrons. The number of anilines is 1. The molecule has 0 radical (unpaired) electrons. The van der Waals surface area contributed by atoms with Crippen LogP contribution in [-0.2, 0) is 6.54 Å². The number of hydrogen-bond acceptors (Lipinski definition) is 4. The van der Waals surface area contributed by atoms with Crippen LogP contribution >= 0.6 is 27.3 Å². The zero-order valence-corrected chi connectivity index (χ0v) is 10.1. The van der Waals surface area contributed by atoms with Gasteiger partial charge >= 0.3 is 0 Å². The van der Waals surface area contributed by atoms with E-state index in [4.69, 9.17) is 0 Å². The predicted molar refractivity (Wildman–Crippen MR) is 64.2 cm³/mol. The zero-order valence-electron chi connectivity index (χ0n) is 7.66. The molecular formula is C9H8BrN3OS. The van der Waals surface area contributed by atoms with Gasteiger partial charge in [-0.1, -0.05) is 0 Å². The molecule has 0 aromatic carbocycles. The van der Waals surface area contributed by atoms with Crippen molar-refractivity contribution in [1.82, 2.24) is 9.97 Å².